The summed E-state index contributed by atoms with van der Waals surface area (Å²) < 4.78 is 6.21. The van der Waals surface area contributed by atoms with E-state index in [9.17, 15) is 4.79 Å². The number of Topliss-reactive ketones (excluding diaryl/α,β-unsaturated/α-hetero) is 1. The minimum Gasteiger partial charge on any atom is -0.491 e. The van der Waals surface area contributed by atoms with Crippen LogP contribution in [0.3, 0.4) is 0 Å². The third-order valence-corrected chi connectivity index (χ3v) is 5.23. The normalized spacial score (nSPS) is 19.0. The standard InChI is InChI=1S/C17H25NO2S/c1-14(19)15-6-4-5-7-16(15)20-12-10-18-9-8-17(2,3)21-13-11-18/h4-7H,8-13H2,1-3H3. The second-order valence-electron chi connectivity index (χ2n) is 6.10. The molecule has 1 aliphatic rings. The van der Waals surface area contributed by atoms with E-state index in [1.54, 1.807) is 6.92 Å². The van der Waals surface area contributed by atoms with E-state index in [2.05, 4.69) is 30.5 Å². The lowest BCUT2D eigenvalue weighted by Crippen LogP contribution is -2.31. The molecule has 0 atom stereocenters. The minimum atomic E-state index is 0.0542. The Kier molecular flexibility index (Phi) is 5.71. The number of rotatable bonds is 5. The zero-order valence-corrected chi connectivity index (χ0v) is 14.0. The van der Waals surface area contributed by atoms with E-state index in [1.807, 2.05) is 24.3 Å². The summed E-state index contributed by atoms with van der Waals surface area (Å²) in [4.78, 5) is 14.0. The Morgan fingerprint density at radius 1 is 1.33 bits per heavy atom. The third kappa shape index (κ3) is 5.04. The average molecular weight is 307 g/mol. The second-order valence-corrected chi connectivity index (χ2v) is 7.90. The molecule has 0 radical (unpaired) electrons. The molecule has 116 valence electrons. The van der Waals surface area contributed by atoms with Gasteiger partial charge in [0.2, 0.25) is 0 Å². The lowest BCUT2D eigenvalue weighted by molar-refractivity contribution is 0.101. The highest BCUT2D eigenvalue weighted by molar-refractivity contribution is 8.00. The monoisotopic (exact) mass is 307 g/mol. The van der Waals surface area contributed by atoms with Gasteiger partial charge in [-0.3, -0.25) is 9.69 Å². The van der Waals surface area contributed by atoms with Crippen molar-refractivity contribution in [3.05, 3.63) is 29.8 Å². The van der Waals surface area contributed by atoms with Crippen molar-refractivity contribution in [2.24, 2.45) is 0 Å². The molecule has 4 heteroatoms. The molecule has 21 heavy (non-hydrogen) atoms. The molecule has 0 N–H and O–H groups in total. The van der Waals surface area contributed by atoms with Gasteiger partial charge in [0.15, 0.2) is 5.78 Å². The van der Waals surface area contributed by atoms with Crippen molar-refractivity contribution in [2.45, 2.75) is 31.9 Å². The Morgan fingerprint density at radius 3 is 2.86 bits per heavy atom. The van der Waals surface area contributed by atoms with Gasteiger partial charge in [0, 0.05) is 23.6 Å². The fraction of sp³-hybridized carbons (Fsp3) is 0.588. The van der Waals surface area contributed by atoms with Crippen LogP contribution in [0.1, 0.15) is 37.6 Å². The predicted octanol–water partition coefficient (Wildman–Crippen LogP) is 3.49. The molecule has 0 bridgehead atoms. The summed E-state index contributed by atoms with van der Waals surface area (Å²) in [6.45, 7) is 10.0. The zero-order chi connectivity index (χ0) is 15.3. The van der Waals surface area contributed by atoms with Crippen molar-refractivity contribution >= 4 is 17.5 Å². The molecule has 1 saturated heterocycles. The Labute approximate surface area is 132 Å². The molecule has 1 fully saturated rings. The highest BCUT2D eigenvalue weighted by Crippen LogP contribution is 2.30. The van der Waals surface area contributed by atoms with Crippen molar-refractivity contribution in [3.63, 3.8) is 0 Å². The molecular weight excluding hydrogens is 282 g/mol. The van der Waals surface area contributed by atoms with Crippen LogP contribution < -0.4 is 4.74 Å². The topological polar surface area (TPSA) is 29.5 Å². The molecular formula is C17H25NO2S. The minimum absolute atomic E-state index is 0.0542. The number of para-hydroxylation sites is 1. The Balaban J connectivity index is 1.83. The van der Waals surface area contributed by atoms with Crippen molar-refractivity contribution in [1.29, 1.82) is 0 Å². The summed E-state index contributed by atoms with van der Waals surface area (Å²) in [6.07, 6.45) is 1.21. The molecule has 0 saturated carbocycles. The quantitative estimate of drug-likeness (QED) is 0.779. The average Bonchev–Trinajstić information content (AvgIpc) is 2.60. The van der Waals surface area contributed by atoms with E-state index in [4.69, 9.17) is 4.74 Å². The van der Waals surface area contributed by atoms with Gasteiger partial charge in [-0.15, -0.1) is 0 Å². The first-order valence-corrected chi connectivity index (χ1v) is 8.55. The molecule has 2 rings (SSSR count). The van der Waals surface area contributed by atoms with Crippen LogP contribution in [0.5, 0.6) is 5.75 Å². The first-order chi connectivity index (χ1) is 9.98. The predicted molar refractivity (Wildman–Crippen MR) is 89.5 cm³/mol. The van der Waals surface area contributed by atoms with Gasteiger partial charge in [0.1, 0.15) is 12.4 Å². The van der Waals surface area contributed by atoms with Gasteiger partial charge in [-0.25, -0.2) is 0 Å². The molecule has 1 aromatic carbocycles. The molecule has 1 aliphatic heterocycles. The van der Waals surface area contributed by atoms with Gasteiger partial charge < -0.3 is 4.74 Å². The first kappa shape index (κ1) is 16.4. The van der Waals surface area contributed by atoms with Gasteiger partial charge >= 0.3 is 0 Å². The van der Waals surface area contributed by atoms with E-state index in [0.29, 0.717) is 22.7 Å². The van der Waals surface area contributed by atoms with Crippen LogP contribution in [0.15, 0.2) is 24.3 Å². The number of hydrogen-bond donors (Lipinski definition) is 0. The van der Waals surface area contributed by atoms with Crippen molar-refractivity contribution in [3.8, 4) is 5.75 Å². The summed E-state index contributed by atoms with van der Waals surface area (Å²) in [5.74, 6) is 1.94. The number of ketones is 1. The van der Waals surface area contributed by atoms with Crippen LogP contribution >= 0.6 is 11.8 Å². The van der Waals surface area contributed by atoms with Crippen LogP contribution in [0.2, 0.25) is 0 Å². The summed E-state index contributed by atoms with van der Waals surface area (Å²) in [5, 5.41) is 0. The van der Waals surface area contributed by atoms with Gasteiger partial charge in [0.25, 0.3) is 0 Å². The van der Waals surface area contributed by atoms with Gasteiger partial charge in [-0.1, -0.05) is 26.0 Å². The summed E-state index contributed by atoms with van der Waals surface area (Å²) >= 11 is 2.05. The van der Waals surface area contributed by atoms with Crippen LogP contribution in [0.4, 0.5) is 0 Å². The highest BCUT2D eigenvalue weighted by Gasteiger charge is 2.23. The zero-order valence-electron chi connectivity index (χ0n) is 13.2. The molecule has 1 heterocycles. The fourth-order valence-electron chi connectivity index (χ4n) is 2.45. The van der Waals surface area contributed by atoms with Crippen LogP contribution in [0.25, 0.3) is 0 Å². The van der Waals surface area contributed by atoms with E-state index < -0.39 is 0 Å². The molecule has 0 spiro atoms. The summed E-state index contributed by atoms with van der Waals surface area (Å²) in [6, 6.07) is 7.48. The Hall–Kier alpha value is -1.00. The fourth-order valence-corrected chi connectivity index (χ4v) is 3.59. The molecule has 1 aromatic rings. The smallest absolute Gasteiger partial charge is 0.163 e. The number of nitrogens with zero attached hydrogens (tertiary/aromatic N) is 1. The molecule has 3 nitrogen and oxygen atoms in total. The second kappa shape index (κ2) is 7.32. The first-order valence-electron chi connectivity index (χ1n) is 7.57. The largest absolute Gasteiger partial charge is 0.491 e. The lowest BCUT2D eigenvalue weighted by atomic mass is 10.1. The lowest BCUT2D eigenvalue weighted by Gasteiger charge is -2.22. The number of benzene rings is 1. The summed E-state index contributed by atoms with van der Waals surface area (Å²) in [5.41, 5.74) is 0.671. The highest BCUT2D eigenvalue weighted by atomic mass is 32.2. The van der Waals surface area contributed by atoms with Crippen LogP contribution in [0, 0.1) is 0 Å². The van der Waals surface area contributed by atoms with E-state index >= 15 is 0 Å². The Bertz CT molecular complexity index is 487. The van der Waals surface area contributed by atoms with Crippen molar-refractivity contribution < 1.29 is 9.53 Å². The number of hydrogen-bond acceptors (Lipinski definition) is 4. The van der Waals surface area contributed by atoms with E-state index in [-0.39, 0.29) is 5.78 Å². The number of ether oxygens (including phenoxy) is 1. The van der Waals surface area contributed by atoms with Crippen LogP contribution in [-0.2, 0) is 0 Å². The van der Waals surface area contributed by atoms with Gasteiger partial charge in [-0.2, -0.15) is 11.8 Å². The Morgan fingerprint density at radius 2 is 2.10 bits per heavy atom. The maximum absolute atomic E-state index is 11.6. The van der Waals surface area contributed by atoms with E-state index in [0.717, 1.165) is 19.6 Å². The molecule has 0 aliphatic carbocycles. The van der Waals surface area contributed by atoms with Crippen molar-refractivity contribution in [1.82, 2.24) is 4.90 Å². The molecule has 0 aromatic heterocycles. The number of carbonyl (C=O) groups is 1. The summed E-state index contributed by atoms with van der Waals surface area (Å²) in [7, 11) is 0. The van der Waals surface area contributed by atoms with Gasteiger partial charge in [-0.05, 0) is 32.0 Å². The maximum Gasteiger partial charge on any atom is 0.163 e. The number of thioether (sulfide) groups is 1. The van der Waals surface area contributed by atoms with Crippen LogP contribution in [-0.4, -0.2) is 47.4 Å². The molecule has 0 amide bonds. The molecule has 0 unspecified atom stereocenters. The SMILES string of the molecule is CC(=O)c1ccccc1OCCN1CCSC(C)(C)CC1. The third-order valence-electron chi connectivity index (χ3n) is 3.86. The maximum atomic E-state index is 11.6. The van der Waals surface area contributed by atoms with E-state index in [1.165, 1.54) is 12.2 Å². The van der Waals surface area contributed by atoms with Gasteiger partial charge in [0.05, 0.1) is 5.56 Å². The number of carbonyl (C=O) groups excluding carboxylic acids is 1. The van der Waals surface area contributed by atoms with Crippen molar-refractivity contribution in [2.75, 3.05) is 32.0 Å².